The lowest BCUT2D eigenvalue weighted by atomic mass is 9.99. The smallest absolute Gasteiger partial charge is 0.306 e. The Bertz CT molecular complexity index is 1010. The second-order valence-corrected chi connectivity index (χ2v) is 21.5. The molecular weight excluding hydrogens is 805 g/mol. The number of ether oxygens (including phenoxy) is 3. The molecule has 0 aliphatic carbocycles. The van der Waals surface area contributed by atoms with E-state index in [1.54, 1.807) is 0 Å². The minimum Gasteiger partial charge on any atom is -0.462 e. The molecule has 6 heteroatoms. The van der Waals surface area contributed by atoms with E-state index in [1.165, 1.54) is 205 Å². The van der Waals surface area contributed by atoms with Crippen molar-refractivity contribution in [2.75, 3.05) is 13.2 Å². The summed E-state index contributed by atoms with van der Waals surface area (Å²) < 4.78 is 16.9. The molecular formula is C59H114O6. The van der Waals surface area contributed by atoms with Crippen molar-refractivity contribution in [2.45, 2.75) is 330 Å². The number of carbonyl (C=O) groups excluding carboxylic acids is 3. The molecule has 65 heavy (non-hydrogen) atoms. The maximum absolute atomic E-state index is 12.9. The first kappa shape index (κ1) is 63.4. The monoisotopic (exact) mass is 919 g/mol. The molecule has 0 aromatic rings. The summed E-state index contributed by atoms with van der Waals surface area (Å²) in [7, 11) is 0. The maximum atomic E-state index is 12.9. The highest BCUT2D eigenvalue weighted by atomic mass is 16.6. The number of hydrogen-bond acceptors (Lipinski definition) is 6. The molecule has 0 amide bonds. The van der Waals surface area contributed by atoms with Gasteiger partial charge in [-0.25, -0.2) is 0 Å². The third kappa shape index (κ3) is 51.6. The predicted molar refractivity (Wildman–Crippen MR) is 279 cm³/mol. The Morgan fingerprint density at radius 2 is 0.538 bits per heavy atom. The van der Waals surface area contributed by atoms with Crippen LogP contribution in [0, 0.1) is 17.8 Å². The molecule has 0 heterocycles. The van der Waals surface area contributed by atoms with E-state index in [2.05, 4.69) is 41.5 Å². The van der Waals surface area contributed by atoms with Gasteiger partial charge in [0.05, 0.1) is 0 Å². The van der Waals surface area contributed by atoms with Crippen molar-refractivity contribution in [3.63, 3.8) is 0 Å². The zero-order valence-corrected chi connectivity index (χ0v) is 44.8. The molecule has 1 unspecified atom stereocenters. The van der Waals surface area contributed by atoms with Gasteiger partial charge in [0, 0.05) is 19.3 Å². The highest BCUT2D eigenvalue weighted by Gasteiger charge is 2.19. The van der Waals surface area contributed by atoms with Crippen molar-refractivity contribution in [1.29, 1.82) is 0 Å². The third-order valence-corrected chi connectivity index (χ3v) is 13.8. The van der Waals surface area contributed by atoms with E-state index in [-0.39, 0.29) is 31.1 Å². The molecule has 0 aliphatic rings. The van der Waals surface area contributed by atoms with Crippen molar-refractivity contribution >= 4 is 17.9 Å². The van der Waals surface area contributed by atoms with Gasteiger partial charge in [0.25, 0.3) is 0 Å². The Balaban J connectivity index is 4.23. The number of unbranched alkanes of at least 4 members (excludes halogenated alkanes) is 34. The highest BCUT2D eigenvalue weighted by Crippen LogP contribution is 2.19. The summed E-state index contributed by atoms with van der Waals surface area (Å²) in [5, 5.41) is 0. The number of carbonyl (C=O) groups is 3. The first-order chi connectivity index (χ1) is 31.6. The number of rotatable bonds is 52. The Hall–Kier alpha value is -1.59. The molecule has 0 saturated heterocycles. The lowest BCUT2D eigenvalue weighted by molar-refractivity contribution is -0.167. The lowest BCUT2D eigenvalue weighted by Gasteiger charge is -2.18. The minimum atomic E-state index is -0.764. The summed E-state index contributed by atoms with van der Waals surface area (Å²) >= 11 is 0. The minimum absolute atomic E-state index is 0.0642. The normalized spacial score (nSPS) is 12.6. The van der Waals surface area contributed by atoms with Crippen molar-refractivity contribution in [1.82, 2.24) is 0 Å². The first-order valence-corrected chi connectivity index (χ1v) is 29.1. The quantitative estimate of drug-likeness (QED) is 0.0344. The van der Waals surface area contributed by atoms with Gasteiger partial charge in [-0.15, -0.1) is 0 Å². The van der Waals surface area contributed by atoms with Crippen LogP contribution in [0.5, 0.6) is 0 Å². The van der Waals surface area contributed by atoms with Gasteiger partial charge >= 0.3 is 17.9 Å². The molecule has 0 fully saturated rings. The fourth-order valence-electron chi connectivity index (χ4n) is 8.97. The Morgan fingerprint density at radius 1 is 0.308 bits per heavy atom. The lowest BCUT2D eigenvalue weighted by Crippen LogP contribution is -2.30. The molecule has 6 nitrogen and oxygen atoms in total. The summed E-state index contributed by atoms with van der Waals surface area (Å²) in [6.07, 6.45) is 52.4. The van der Waals surface area contributed by atoms with Crippen LogP contribution in [0.3, 0.4) is 0 Å². The number of esters is 3. The second-order valence-electron chi connectivity index (χ2n) is 21.5. The molecule has 0 spiro atoms. The van der Waals surface area contributed by atoms with Crippen molar-refractivity contribution < 1.29 is 28.6 Å². The van der Waals surface area contributed by atoms with E-state index in [4.69, 9.17) is 14.2 Å². The Kier molecular flexibility index (Phi) is 49.1. The van der Waals surface area contributed by atoms with Crippen LogP contribution in [0.1, 0.15) is 324 Å². The molecule has 0 aliphatic heterocycles. The van der Waals surface area contributed by atoms with Gasteiger partial charge in [-0.1, -0.05) is 286 Å². The Labute approximate surface area is 406 Å². The van der Waals surface area contributed by atoms with E-state index in [9.17, 15) is 14.4 Å². The summed E-state index contributed by atoms with van der Waals surface area (Å²) in [5.74, 6) is 1.69. The molecule has 386 valence electrons. The molecule has 0 radical (unpaired) electrons. The average Bonchev–Trinajstić information content (AvgIpc) is 3.28. The van der Waals surface area contributed by atoms with E-state index < -0.39 is 6.10 Å². The van der Waals surface area contributed by atoms with Crippen LogP contribution in [-0.2, 0) is 28.6 Å². The molecule has 0 aromatic heterocycles. The van der Waals surface area contributed by atoms with Crippen LogP contribution < -0.4 is 0 Å². The van der Waals surface area contributed by atoms with E-state index >= 15 is 0 Å². The van der Waals surface area contributed by atoms with Crippen LogP contribution in [0.2, 0.25) is 0 Å². The topological polar surface area (TPSA) is 78.9 Å². The average molecular weight is 920 g/mol. The van der Waals surface area contributed by atoms with Crippen molar-refractivity contribution in [3.8, 4) is 0 Å². The van der Waals surface area contributed by atoms with Gasteiger partial charge in [0.15, 0.2) is 6.10 Å². The van der Waals surface area contributed by atoms with E-state index in [0.29, 0.717) is 19.3 Å². The predicted octanol–water partition coefficient (Wildman–Crippen LogP) is 19.1. The summed E-state index contributed by atoms with van der Waals surface area (Å²) in [6.45, 7) is 13.8. The van der Waals surface area contributed by atoms with Crippen LogP contribution in [0.15, 0.2) is 0 Å². The van der Waals surface area contributed by atoms with Gasteiger partial charge in [-0.2, -0.15) is 0 Å². The van der Waals surface area contributed by atoms with Crippen molar-refractivity contribution in [2.24, 2.45) is 17.8 Å². The molecule has 0 N–H and O–H groups in total. The molecule has 0 bridgehead atoms. The summed E-state index contributed by atoms with van der Waals surface area (Å²) in [5.41, 5.74) is 0. The fraction of sp³-hybridized carbons (Fsp3) is 0.949. The zero-order valence-electron chi connectivity index (χ0n) is 44.8. The van der Waals surface area contributed by atoms with Crippen molar-refractivity contribution in [3.05, 3.63) is 0 Å². The summed E-state index contributed by atoms with van der Waals surface area (Å²) in [6, 6.07) is 0. The SMILES string of the molecule is CCC(C)CCCCCCCCCCCCCCCCCCCCC(=O)O[C@@H](COC(=O)CCCCCCCCCCCCCC(C)C)COC(=O)CCCCCCCCCCC(C)C. The van der Waals surface area contributed by atoms with E-state index in [0.717, 1.165) is 75.5 Å². The second kappa shape index (κ2) is 50.3. The van der Waals surface area contributed by atoms with E-state index in [1.807, 2.05) is 0 Å². The summed E-state index contributed by atoms with van der Waals surface area (Å²) in [4.78, 5) is 38.1. The van der Waals surface area contributed by atoms with Gasteiger partial charge in [-0.05, 0) is 37.0 Å². The zero-order chi connectivity index (χ0) is 47.7. The largest absolute Gasteiger partial charge is 0.462 e. The van der Waals surface area contributed by atoms with Crippen LogP contribution in [0.25, 0.3) is 0 Å². The molecule has 2 atom stereocenters. The maximum Gasteiger partial charge on any atom is 0.306 e. The molecule has 0 rings (SSSR count). The third-order valence-electron chi connectivity index (χ3n) is 13.8. The number of hydrogen-bond donors (Lipinski definition) is 0. The fourth-order valence-corrected chi connectivity index (χ4v) is 8.97. The van der Waals surface area contributed by atoms with Gasteiger partial charge in [-0.3, -0.25) is 14.4 Å². The van der Waals surface area contributed by atoms with Gasteiger partial charge < -0.3 is 14.2 Å². The van der Waals surface area contributed by atoms with Crippen LogP contribution >= 0.6 is 0 Å². The first-order valence-electron chi connectivity index (χ1n) is 29.1. The standard InChI is InChI=1S/C59H114O6/c1-7-55(6)47-41-35-29-22-18-14-12-10-8-9-11-13-15-19-24-32-38-44-50-59(62)65-56(52-64-58(61)49-43-37-31-26-25-28-34-40-46-54(4)5)51-63-57(60)48-42-36-30-23-20-16-17-21-27-33-39-45-53(2)3/h53-56H,7-52H2,1-6H3/t55?,56-/m0/s1. The van der Waals surface area contributed by atoms with Gasteiger partial charge in [0.1, 0.15) is 13.2 Å². The molecule has 0 aromatic carbocycles. The highest BCUT2D eigenvalue weighted by molar-refractivity contribution is 5.71. The Morgan fingerprint density at radius 3 is 0.800 bits per heavy atom. The van der Waals surface area contributed by atoms with Crippen LogP contribution in [0.4, 0.5) is 0 Å². The molecule has 0 saturated carbocycles. The van der Waals surface area contributed by atoms with Crippen LogP contribution in [-0.4, -0.2) is 37.2 Å². The van der Waals surface area contributed by atoms with Gasteiger partial charge in [0.2, 0.25) is 0 Å².